The van der Waals surface area contributed by atoms with Gasteiger partial charge in [0.25, 0.3) is 5.56 Å². The molecule has 1 fully saturated rings. The van der Waals surface area contributed by atoms with E-state index >= 15 is 0 Å². The van der Waals surface area contributed by atoms with E-state index in [1.807, 2.05) is 91.0 Å². The Hall–Kier alpha value is -4.27. The topological polar surface area (TPSA) is 102 Å². The molecular formula is C30H29N3O5. The first-order valence-corrected chi connectivity index (χ1v) is 12.5. The molecule has 3 atom stereocenters. The van der Waals surface area contributed by atoms with Crippen molar-refractivity contribution in [2.75, 3.05) is 6.61 Å². The van der Waals surface area contributed by atoms with Crippen molar-refractivity contribution < 1.29 is 14.3 Å². The molecule has 0 spiro atoms. The van der Waals surface area contributed by atoms with Gasteiger partial charge in [-0.1, -0.05) is 91.0 Å². The van der Waals surface area contributed by atoms with Crippen molar-refractivity contribution in [3.63, 3.8) is 0 Å². The number of nitrogens with one attached hydrogen (secondary N) is 2. The summed E-state index contributed by atoms with van der Waals surface area (Å²) in [5, 5.41) is 2.95. The molecule has 194 valence electrons. The van der Waals surface area contributed by atoms with E-state index in [1.165, 1.54) is 23.8 Å². The Bertz CT molecular complexity index is 1390. The first kappa shape index (κ1) is 25.4. The molecule has 5 rings (SSSR count). The quantitative estimate of drug-likeness (QED) is 0.353. The SMILES string of the molecule is CC(=O)N[C@H]1C[C@H](n2ccc(=O)[nH]c2=O)O[C@@H]1COC(c1ccccc1)(c1ccccc1)c1ccccc1. The van der Waals surface area contributed by atoms with Crippen molar-refractivity contribution in [3.05, 3.63) is 141 Å². The second-order valence-electron chi connectivity index (χ2n) is 9.28. The van der Waals surface area contributed by atoms with Crippen LogP contribution < -0.4 is 16.6 Å². The number of hydrogen-bond donors (Lipinski definition) is 2. The molecule has 0 aliphatic carbocycles. The molecule has 1 amide bonds. The predicted octanol–water partition coefficient (Wildman–Crippen LogP) is 3.34. The van der Waals surface area contributed by atoms with Gasteiger partial charge in [-0.3, -0.25) is 19.1 Å². The molecule has 1 aromatic heterocycles. The van der Waals surface area contributed by atoms with Crippen LogP contribution in [0.3, 0.4) is 0 Å². The molecule has 0 saturated carbocycles. The minimum absolute atomic E-state index is 0.123. The minimum Gasteiger partial charge on any atom is -0.358 e. The summed E-state index contributed by atoms with van der Waals surface area (Å²) < 4.78 is 14.5. The third kappa shape index (κ3) is 5.09. The molecule has 4 aromatic rings. The van der Waals surface area contributed by atoms with Crippen LogP contribution in [0.15, 0.2) is 113 Å². The summed E-state index contributed by atoms with van der Waals surface area (Å²) in [5.74, 6) is -0.210. The van der Waals surface area contributed by atoms with E-state index in [2.05, 4.69) is 10.3 Å². The number of amides is 1. The predicted molar refractivity (Wildman–Crippen MR) is 143 cm³/mol. The molecule has 3 aromatic carbocycles. The Morgan fingerprint density at radius 1 is 0.921 bits per heavy atom. The highest BCUT2D eigenvalue weighted by Gasteiger charge is 2.42. The average Bonchev–Trinajstić information content (AvgIpc) is 3.32. The van der Waals surface area contributed by atoms with Crippen LogP contribution in [0, 0.1) is 0 Å². The Morgan fingerprint density at radius 3 is 1.92 bits per heavy atom. The van der Waals surface area contributed by atoms with Crippen molar-refractivity contribution in [1.82, 2.24) is 14.9 Å². The van der Waals surface area contributed by atoms with Crippen LogP contribution in [0.4, 0.5) is 0 Å². The molecule has 8 nitrogen and oxygen atoms in total. The van der Waals surface area contributed by atoms with Gasteiger partial charge in [-0.2, -0.15) is 0 Å². The van der Waals surface area contributed by atoms with E-state index < -0.39 is 35.2 Å². The second-order valence-corrected chi connectivity index (χ2v) is 9.28. The van der Waals surface area contributed by atoms with Gasteiger partial charge in [-0.15, -0.1) is 0 Å². The van der Waals surface area contributed by atoms with Gasteiger partial charge in [0.2, 0.25) is 5.91 Å². The van der Waals surface area contributed by atoms with E-state index in [4.69, 9.17) is 9.47 Å². The highest BCUT2D eigenvalue weighted by atomic mass is 16.6. The molecule has 8 heteroatoms. The number of hydrogen-bond acceptors (Lipinski definition) is 5. The summed E-state index contributed by atoms with van der Waals surface area (Å²) in [4.78, 5) is 38.3. The van der Waals surface area contributed by atoms with Gasteiger partial charge < -0.3 is 14.8 Å². The van der Waals surface area contributed by atoms with Crippen LogP contribution in [0.1, 0.15) is 36.3 Å². The van der Waals surface area contributed by atoms with Gasteiger partial charge >= 0.3 is 5.69 Å². The van der Waals surface area contributed by atoms with E-state index in [9.17, 15) is 14.4 Å². The molecule has 2 heterocycles. The van der Waals surface area contributed by atoms with Crippen molar-refractivity contribution in [1.29, 1.82) is 0 Å². The third-order valence-electron chi connectivity index (χ3n) is 6.79. The van der Waals surface area contributed by atoms with E-state index in [-0.39, 0.29) is 12.5 Å². The number of aromatic amines is 1. The number of carbonyl (C=O) groups is 1. The van der Waals surface area contributed by atoms with E-state index in [1.54, 1.807) is 0 Å². The number of benzene rings is 3. The molecular weight excluding hydrogens is 482 g/mol. The van der Waals surface area contributed by atoms with Crippen molar-refractivity contribution in [2.45, 2.75) is 37.3 Å². The minimum atomic E-state index is -0.958. The Morgan fingerprint density at radius 2 is 1.45 bits per heavy atom. The lowest BCUT2D eigenvalue weighted by molar-refractivity contribution is -0.121. The van der Waals surface area contributed by atoms with Crippen molar-refractivity contribution >= 4 is 5.91 Å². The monoisotopic (exact) mass is 511 g/mol. The first-order valence-electron chi connectivity index (χ1n) is 12.5. The lowest BCUT2D eigenvalue weighted by Crippen LogP contribution is -2.44. The van der Waals surface area contributed by atoms with Crippen LogP contribution >= 0.6 is 0 Å². The van der Waals surface area contributed by atoms with Gasteiger partial charge in [0.15, 0.2) is 0 Å². The lowest BCUT2D eigenvalue weighted by Gasteiger charge is -2.37. The van der Waals surface area contributed by atoms with E-state index in [0.29, 0.717) is 6.42 Å². The smallest absolute Gasteiger partial charge is 0.330 e. The normalized spacial score (nSPS) is 19.2. The summed E-state index contributed by atoms with van der Waals surface area (Å²) in [6, 6.07) is 30.8. The fourth-order valence-corrected chi connectivity index (χ4v) is 5.10. The summed E-state index contributed by atoms with van der Waals surface area (Å²) in [6.45, 7) is 1.57. The summed E-state index contributed by atoms with van der Waals surface area (Å²) in [5.41, 5.74) is 0.819. The second kappa shape index (κ2) is 11.0. The molecule has 1 aliphatic rings. The fourth-order valence-electron chi connectivity index (χ4n) is 5.10. The Balaban J connectivity index is 1.54. The fraction of sp³-hybridized carbons (Fsp3) is 0.233. The third-order valence-corrected chi connectivity index (χ3v) is 6.79. The zero-order chi connectivity index (χ0) is 26.5. The zero-order valence-electron chi connectivity index (χ0n) is 20.9. The number of nitrogens with zero attached hydrogens (tertiary/aromatic N) is 1. The summed E-state index contributed by atoms with van der Waals surface area (Å²) in [7, 11) is 0. The maximum absolute atomic E-state index is 12.4. The van der Waals surface area contributed by atoms with E-state index in [0.717, 1.165) is 16.7 Å². The van der Waals surface area contributed by atoms with Crippen LogP contribution in [0.2, 0.25) is 0 Å². The number of H-pyrrole nitrogens is 1. The number of carbonyl (C=O) groups excluding carboxylic acids is 1. The van der Waals surface area contributed by atoms with Gasteiger partial charge in [0.1, 0.15) is 17.9 Å². The molecule has 0 bridgehead atoms. The van der Waals surface area contributed by atoms with Gasteiger partial charge in [0.05, 0.1) is 12.6 Å². The Kier molecular flexibility index (Phi) is 7.35. The molecule has 38 heavy (non-hydrogen) atoms. The number of ether oxygens (including phenoxy) is 2. The van der Waals surface area contributed by atoms with Crippen molar-refractivity contribution in [2.24, 2.45) is 0 Å². The number of aromatic nitrogens is 2. The largest absolute Gasteiger partial charge is 0.358 e. The summed E-state index contributed by atoms with van der Waals surface area (Å²) >= 11 is 0. The van der Waals surface area contributed by atoms with Crippen molar-refractivity contribution in [3.8, 4) is 0 Å². The lowest BCUT2D eigenvalue weighted by atomic mass is 9.80. The summed E-state index contributed by atoms with van der Waals surface area (Å²) in [6.07, 6.45) is 0.513. The van der Waals surface area contributed by atoms with Crippen LogP contribution in [-0.2, 0) is 19.9 Å². The van der Waals surface area contributed by atoms with Crippen LogP contribution in [0.25, 0.3) is 0 Å². The van der Waals surface area contributed by atoms with Gasteiger partial charge in [0, 0.05) is 25.6 Å². The van der Waals surface area contributed by atoms with Crippen LogP contribution in [0.5, 0.6) is 0 Å². The highest BCUT2D eigenvalue weighted by molar-refractivity contribution is 5.73. The van der Waals surface area contributed by atoms with Crippen LogP contribution in [-0.4, -0.2) is 34.2 Å². The molecule has 1 aliphatic heterocycles. The maximum atomic E-state index is 12.4. The van der Waals surface area contributed by atoms with Gasteiger partial charge in [-0.25, -0.2) is 4.79 Å². The molecule has 0 radical (unpaired) electrons. The standard InChI is InChI=1S/C30H29N3O5/c1-21(34)31-25-19-28(33-18-17-27(35)32-29(33)36)38-26(25)20-37-30(22-11-5-2-6-12-22,23-13-7-3-8-14-23)24-15-9-4-10-16-24/h2-18,25-26,28H,19-20H2,1H3,(H,31,34)(H,32,35,36)/t25-,26+,28+/m0/s1. The first-order chi connectivity index (χ1) is 18.5. The molecule has 2 N–H and O–H groups in total. The Labute approximate surface area is 219 Å². The molecule has 1 saturated heterocycles. The molecule has 0 unspecified atom stereocenters. The number of rotatable bonds is 8. The maximum Gasteiger partial charge on any atom is 0.330 e. The zero-order valence-corrected chi connectivity index (χ0v) is 20.9. The average molecular weight is 512 g/mol. The highest BCUT2D eigenvalue weighted by Crippen LogP contribution is 2.41. The van der Waals surface area contributed by atoms with Gasteiger partial charge in [-0.05, 0) is 16.7 Å².